The minimum atomic E-state index is -4.78. The largest absolute Gasteiger partial charge is 0.451 e. The highest BCUT2D eigenvalue weighted by Crippen LogP contribution is 2.29. The zero-order chi connectivity index (χ0) is 12.8. The highest BCUT2D eigenvalue weighted by atomic mass is 19.4. The maximum atomic E-state index is 12.4. The first-order valence-corrected chi connectivity index (χ1v) is 4.45. The van der Waals surface area contributed by atoms with E-state index in [0.717, 1.165) is 6.07 Å². The highest BCUT2D eigenvalue weighted by molar-refractivity contribution is 5.74. The number of hydrogen-bond acceptors (Lipinski definition) is 4. The third-order valence-electron chi connectivity index (χ3n) is 2.05. The Labute approximate surface area is 91.3 Å². The van der Waals surface area contributed by atoms with Crippen LogP contribution in [0.25, 0.3) is 11.0 Å². The van der Waals surface area contributed by atoms with Crippen molar-refractivity contribution in [1.29, 1.82) is 0 Å². The summed E-state index contributed by atoms with van der Waals surface area (Å²) in [5, 5.41) is -0.524. The fourth-order valence-electron chi connectivity index (χ4n) is 1.37. The van der Waals surface area contributed by atoms with Crippen LogP contribution in [0.4, 0.5) is 13.2 Å². The van der Waals surface area contributed by atoms with Gasteiger partial charge >= 0.3 is 11.8 Å². The summed E-state index contributed by atoms with van der Waals surface area (Å²) in [6.45, 7) is 1.36. The minimum Gasteiger partial charge on any atom is -0.451 e. The molecule has 0 radical (unpaired) electrons. The summed E-state index contributed by atoms with van der Waals surface area (Å²) in [6.07, 6.45) is -4.78. The third-order valence-corrected chi connectivity index (χ3v) is 2.05. The van der Waals surface area contributed by atoms with Crippen LogP contribution in [0.15, 0.2) is 30.6 Å². The van der Waals surface area contributed by atoms with Gasteiger partial charge in [-0.15, -0.1) is 0 Å². The second kappa shape index (κ2) is 3.47. The fraction of sp³-hybridized carbons (Fsp3) is 0.200. The number of aryl methyl sites for hydroxylation is 1. The molecule has 2 heterocycles. The van der Waals surface area contributed by atoms with Crippen LogP contribution in [-0.2, 0) is 6.18 Å². The maximum Gasteiger partial charge on any atom is 0.449 e. The summed E-state index contributed by atoms with van der Waals surface area (Å²) in [7, 11) is 0. The van der Waals surface area contributed by atoms with Crippen molar-refractivity contribution in [3.8, 4) is 0 Å². The third kappa shape index (κ3) is 1.95. The van der Waals surface area contributed by atoms with E-state index in [9.17, 15) is 22.8 Å². The zero-order valence-corrected chi connectivity index (χ0v) is 8.42. The van der Waals surface area contributed by atoms with Crippen molar-refractivity contribution in [2.75, 3.05) is 0 Å². The molecule has 2 aromatic rings. The number of alkyl halides is 3. The molecule has 0 fully saturated rings. The molecule has 0 aromatic carbocycles. The van der Waals surface area contributed by atoms with Crippen molar-refractivity contribution < 1.29 is 22.0 Å². The lowest BCUT2D eigenvalue weighted by Gasteiger charge is -2.05. The molecule has 0 atom stereocenters. The summed E-state index contributed by atoms with van der Waals surface area (Å²) in [5.74, 6) is -1.38. The van der Waals surface area contributed by atoms with E-state index in [-0.39, 0.29) is 11.8 Å². The molecule has 0 aliphatic heterocycles. The Hall–Kier alpha value is -2.05. The Balaban J connectivity index is 2.93. The van der Waals surface area contributed by atoms with Crippen LogP contribution in [-0.4, -0.2) is 0 Å². The lowest BCUT2D eigenvalue weighted by atomic mass is 10.2. The van der Waals surface area contributed by atoms with E-state index in [1.54, 1.807) is 0 Å². The van der Waals surface area contributed by atoms with E-state index in [1.165, 1.54) is 6.92 Å². The van der Waals surface area contributed by atoms with E-state index >= 15 is 0 Å². The number of fused-ring (bicyclic) bond motifs is 1. The molecule has 2 aromatic heterocycles. The van der Waals surface area contributed by atoms with Gasteiger partial charge in [0.2, 0.25) is 11.2 Å². The molecule has 4 nitrogen and oxygen atoms in total. The molecule has 2 rings (SSSR count). The zero-order valence-electron chi connectivity index (χ0n) is 8.42. The number of halogens is 3. The van der Waals surface area contributed by atoms with E-state index in [1.807, 2.05) is 0 Å². The second-order valence-corrected chi connectivity index (χ2v) is 3.36. The lowest BCUT2D eigenvalue weighted by molar-refractivity contribution is -0.152. The number of rotatable bonds is 0. The first-order chi connectivity index (χ1) is 7.79. The molecular formula is C10H5F3O4. The first kappa shape index (κ1) is 11.4. The Kier molecular flexibility index (Phi) is 2.34. The van der Waals surface area contributed by atoms with Gasteiger partial charge in [0.25, 0.3) is 0 Å². The molecule has 0 bridgehead atoms. The van der Waals surface area contributed by atoms with Crippen molar-refractivity contribution in [1.82, 2.24) is 0 Å². The SMILES string of the molecule is Cc1cc2oc(C(F)(F)F)cc(=O)c2c(=O)o1. The van der Waals surface area contributed by atoms with Crippen LogP contribution in [0.5, 0.6) is 0 Å². The Morgan fingerprint density at radius 3 is 2.35 bits per heavy atom. The van der Waals surface area contributed by atoms with Crippen LogP contribution >= 0.6 is 0 Å². The fourth-order valence-corrected chi connectivity index (χ4v) is 1.37. The molecule has 0 unspecified atom stereocenters. The number of hydrogen-bond donors (Lipinski definition) is 0. The van der Waals surface area contributed by atoms with Crippen LogP contribution in [0, 0.1) is 6.92 Å². The Morgan fingerprint density at radius 1 is 1.12 bits per heavy atom. The van der Waals surface area contributed by atoms with Gasteiger partial charge in [0.05, 0.1) is 0 Å². The average Bonchev–Trinajstić information content (AvgIpc) is 2.13. The second-order valence-electron chi connectivity index (χ2n) is 3.36. The van der Waals surface area contributed by atoms with Crippen molar-refractivity contribution >= 4 is 11.0 Å². The molecule has 0 saturated carbocycles. The predicted molar refractivity (Wildman–Crippen MR) is 50.8 cm³/mol. The van der Waals surface area contributed by atoms with Crippen LogP contribution in [0.3, 0.4) is 0 Å². The normalized spacial score (nSPS) is 12.0. The van der Waals surface area contributed by atoms with Gasteiger partial charge < -0.3 is 8.83 Å². The topological polar surface area (TPSA) is 60.4 Å². The predicted octanol–water partition coefficient (Wildman–Crippen LogP) is 2.07. The molecule has 90 valence electrons. The Bertz CT molecular complexity index is 693. The molecule has 17 heavy (non-hydrogen) atoms. The molecule has 0 aliphatic carbocycles. The summed E-state index contributed by atoms with van der Waals surface area (Å²) < 4.78 is 46.2. The van der Waals surface area contributed by atoms with Gasteiger partial charge in [0, 0.05) is 12.1 Å². The van der Waals surface area contributed by atoms with E-state index < -0.39 is 34.0 Å². The summed E-state index contributed by atoms with van der Waals surface area (Å²) in [4.78, 5) is 22.6. The van der Waals surface area contributed by atoms with Gasteiger partial charge in [-0.1, -0.05) is 0 Å². The first-order valence-electron chi connectivity index (χ1n) is 4.45. The molecular weight excluding hydrogens is 241 g/mol. The molecule has 0 amide bonds. The molecule has 0 N–H and O–H groups in total. The standard InChI is InChI=1S/C10H5F3O4/c1-4-2-6-8(9(15)16-4)5(14)3-7(17-6)10(11,12)13/h2-3H,1H3. The van der Waals surface area contributed by atoms with Gasteiger partial charge in [-0.2, -0.15) is 13.2 Å². The van der Waals surface area contributed by atoms with E-state index in [4.69, 9.17) is 0 Å². The van der Waals surface area contributed by atoms with Gasteiger partial charge in [-0.25, -0.2) is 4.79 Å². The van der Waals surface area contributed by atoms with E-state index in [0.29, 0.717) is 0 Å². The smallest absolute Gasteiger partial charge is 0.449 e. The van der Waals surface area contributed by atoms with Crippen molar-refractivity contribution in [3.05, 3.63) is 44.3 Å². The highest BCUT2D eigenvalue weighted by Gasteiger charge is 2.35. The maximum absolute atomic E-state index is 12.4. The van der Waals surface area contributed by atoms with Crippen LogP contribution < -0.4 is 11.1 Å². The lowest BCUT2D eigenvalue weighted by Crippen LogP contribution is -2.16. The molecule has 0 spiro atoms. The van der Waals surface area contributed by atoms with Gasteiger partial charge in [0.15, 0.2) is 5.39 Å². The van der Waals surface area contributed by atoms with Crippen LogP contribution in [0.2, 0.25) is 0 Å². The summed E-state index contributed by atoms with van der Waals surface area (Å²) >= 11 is 0. The summed E-state index contributed by atoms with van der Waals surface area (Å²) in [5.41, 5.74) is -2.52. The molecule has 7 heteroatoms. The quantitative estimate of drug-likeness (QED) is 0.713. The Morgan fingerprint density at radius 2 is 1.76 bits per heavy atom. The van der Waals surface area contributed by atoms with Gasteiger partial charge in [-0.3, -0.25) is 4.79 Å². The molecule has 0 saturated heterocycles. The van der Waals surface area contributed by atoms with Crippen molar-refractivity contribution in [3.63, 3.8) is 0 Å². The van der Waals surface area contributed by atoms with Crippen molar-refractivity contribution in [2.45, 2.75) is 13.1 Å². The van der Waals surface area contributed by atoms with E-state index in [2.05, 4.69) is 8.83 Å². The van der Waals surface area contributed by atoms with Crippen molar-refractivity contribution in [2.24, 2.45) is 0 Å². The molecule has 0 aliphatic rings. The van der Waals surface area contributed by atoms with Gasteiger partial charge in [0.1, 0.15) is 11.3 Å². The minimum absolute atomic E-state index is 0.0602. The monoisotopic (exact) mass is 246 g/mol. The average molecular weight is 246 g/mol. The van der Waals surface area contributed by atoms with Gasteiger partial charge in [-0.05, 0) is 6.92 Å². The summed E-state index contributed by atoms with van der Waals surface area (Å²) in [6, 6.07) is 1.29. The van der Waals surface area contributed by atoms with Crippen LogP contribution in [0.1, 0.15) is 11.5 Å².